The molecule has 0 N–H and O–H groups in total. The van der Waals surface area contributed by atoms with E-state index in [9.17, 15) is 0 Å². The minimum Gasteiger partial charge on any atom is -0.333 e. The van der Waals surface area contributed by atoms with Crippen molar-refractivity contribution in [3.8, 4) is 5.82 Å². The number of para-hydroxylation sites is 1. The van der Waals surface area contributed by atoms with Gasteiger partial charge in [-0.25, -0.2) is 4.57 Å². The van der Waals surface area contributed by atoms with Gasteiger partial charge in [0.15, 0.2) is 0 Å². The molecule has 3 nitrogen and oxygen atoms in total. The molecule has 0 atom stereocenters. The maximum absolute atomic E-state index is 2.47. The van der Waals surface area contributed by atoms with E-state index in [4.69, 9.17) is 0 Å². The van der Waals surface area contributed by atoms with Crippen LogP contribution < -0.4 is 4.57 Å². The van der Waals surface area contributed by atoms with Gasteiger partial charge in [-0.3, -0.25) is 0 Å². The number of rotatable bonds is 3. The molecule has 0 fully saturated rings. The largest absolute Gasteiger partial charge is 0.333 e. The maximum atomic E-state index is 2.47. The highest BCUT2D eigenvalue weighted by Gasteiger charge is 2.25. The fourth-order valence-corrected chi connectivity index (χ4v) is 6.01. The van der Waals surface area contributed by atoms with E-state index in [1.165, 1.54) is 71.7 Å². The Morgan fingerprint density at radius 3 is 2.24 bits per heavy atom. The molecule has 0 saturated heterocycles. The molecule has 0 bridgehead atoms. The van der Waals surface area contributed by atoms with Crippen molar-refractivity contribution in [1.82, 2.24) is 9.13 Å². The molecule has 0 spiro atoms. The van der Waals surface area contributed by atoms with Crippen LogP contribution in [0.25, 0.3) is 49.4 Å². The molecule has 4 aromatic carbocycles. The van der Waals surface area contributed by atoms with Gasteiger partial charge < -0.3 is 4.57 Å². The third kappa shape index (κ3) is 3.24. The van der Waals surface area contributed by atoms with Crippen molar-refractivity contribution in [2.45, 2.75) is 27.3 Å². The Bertz CT molecular complexity index is 1990. The molecule has 0 amide bonds. The van der Waals surface area contributed by atoms with Crippen molar-refractivity contribution in [3.63, 3.8) is 0 Å². The topological polar surface area (TPSA) is 13.7 Å². The van der Waals surface area contributed by atoms with Gasteiger partial charge in [0.25, 0.3) is 5.82 Å². The number of hydrogen-bond donors (Lipinski definition) is 0. The van der Waals surface area contributed by atoms with Crippen molar-refractivity contribution in [1.29, 1.82) is 0 Å². The SMILES string of the molecule is Cc1ccc2c(c1)c1ccc(C)c(C)c1n2-c1cc2c3ccccc3n(Cc3ccccc3)c2c[n+]1C. The zero-order chi connectivity index (χ0) is 25.3. The highest BCUT2D eigenvalue weighted by atomic mass is 15.1. The van der Waals surface area contributed by atoms with Gasteiger partial charge in [-0.2, -0.15) is 4.57 Å². The van der Waals surface area contributed by atoms with E-state index in [0.717, 1.165) is 6.54 Å². The van der Waals surface area contributed by atoms with Crippen molar-refractivity contribution in [2.24, 2.45) is 7.05 Å². The van der Waals surface area contributed by atoms with E-state index in [0.29, 0.717) is 0 Å². The average molecular weight is 481 g/mol. The number of nitrogens with zero attached hydrogens (tertiary/aromatic N) is 3. The van der Waals surface area contributed by atoms with Crippen LogP contribution >= 0.6 is 0 Å². The number of aromatic nitrogens is 3. The number of pyridine rings is 1. The fraction of sp³-hybridized carbons (Fsp3) is 0.147. The third-order valence-electron chi connectivity index (χ3n) is 8.02. The van der Waals surface area contributed by atoms with Crippen molar-refractivity contribution in [3.05, 3.63) is 119 Å². The second kappa shape index (κ2) is 8.07. The zero-order valence-electron chi connectivity index (χ0n) is 21.8. The molecule has 0 aliphatic carbocycles. The predicted octanol–water partition coefficient (Wildman–Crippen LogP) is 7.69. The van der Waals surface area contributed by atoms with Gasteiger partial charge in [0, 0.05) is 39.7 Å². The van der Waals surface area contributed by atoms with Gasteiger partial charge in [-0.15, -0.1) is 0 Å². The molecule has 7 rings (SSSR count). The lowest BCUT2D eigenvalue weighted by atomic mass is 10.0. The number of fused-ring (bicyclic) bond motifs is 6. The molecular weight excluding hydrogens is 450 g/mol. The average Bonchev–Trinajstić information content (AvgIpc) is 3.39. The van der Waals surface area contributed by atoms with Crippen LogP contribution in [-0.2, 0) is 13.6 Å². The summed E-state index contributed by atoms with van der Waals surface area (Å²) < 4.78 is 7.22. The maximum Gasteiger partial charge on any atom is 0.287 e. The van der Waals surface area contributed by atoms with E-state index < -0.39 is 0 Å². The Morgan fingerprint density at radius 2 is 1.41 bits per heavy atom. The van der Waals surface area contributed by atoms with Crippen LogP contribution in [0.5, 0.6) is 0 Å². The number of hydrogen-bond acceptors (Lipinski definition) is 0. The quantitative estimate of drug-likeness (QED) is 0.230. The summed E-state index contributed by atoms with van der Waals surface area (Å²) in [6.07, 6.45) is 2.31. The standard InChI is InChI=1S/C34H30N3/c1-22-14-17-31-28(18-22)27-16-15-23(2)24(3)34(27)37(31)33-19-29-26-12-8-9-13-30(26)36(32(29)21-35(33)4)20-25-10-6-5-7-11-25/h5-19,21H,20H2,1-4H3/q+1. The molecule has 0 unspecified atom stereocenters. The summed E-state index contributed by atoms with van der Waals surface area (Å²) >= 11 is 0. The van der Waals surface area contributed by atoms with Gasteiger partial charge in [0.2, 0.25) is 0 Å². The molecule has 7 aromatic rings. The molecule has 3 heterocycles. The first kappa shape index (κ1) is 21.9. The Labute approximate surface area is 216 Å². The van der Waals surface area contributed by atoms with Gasteiger partial charge in [-0.05, 0) is 61.7 Å². The number of benzene rings is 4. The van der Waals surface area contributed by atoms with Crippen LogP contribution in [0.2, 0.25) is 0 Å². The highest BCUT2D eigenvalue weighted by molar-refractivity contribution is 6.11. The van der Waals surface area contributed by atoms with Crippen LogP contribution in [0.4, 0.5) is 0 Å². The fourth-order valence-electron chi connectivity index (χ4n) is 6.01. The van der Waals surface area contributed by atoms with Crippen LogP contribution in [0.3, 0.4) is 0 Å². The first-order chi connectivity index (χ1) is 18.0. The normalized spacial score (nSPS) is 11.9. The summed E-state index contributed by atoms with van der Waals surface area (Å²) in [5.41, 5.74) is 10.3. The van der Waals surface area contributed by atoms with Gasteiger partial charge in [0.1, 0.15) is 17.2 Å². The molecule has 0 saturated carbocycles. The molecule has 180 valence electrons. The van der Waals surface area contributed by atoms with Crippen LogP contribution in [0, 0.1) is 20.8 Å². The molecule has 37 heavy (non-hydrogen) atoms. The van der Waals surface area contributed by atoms with Gasteiger partial charge in [0.05, 0.1) is 12.6 Å². The Balaban J connectivity index is 1.58. The van der Waals surface area contributed by atoms with E-state index in [1.54, 1.807) is 0 Å². The lowest BCUT2D eigenvalue weighted by molar-refractivity contribution is -0.664. The van der Waals surface area contributed by atoms with Crippen LogP contribution in [0.1, 0.15) is 22.3 Å². The molecule has 0 radical (unpaired) electrons. The lowest BCUT2D eigenvalue weighted by Gasteiger charge is -2.10. The summed E-state index contributed by atoms with van der Waals surface area (Å²) in [6.45, 7) is 7.49. The third-order valence-corrected chi connectivity index (χ3v) is 8.02. The first-order valence-corrected chi connectivity index (χ1v) is 13.0. The molecule has 3 aromatic heterocycles. The van der Waals surface area contributed by atoms with Crippen molar-refractivity contribution < 1.29 is 4.57 Å². The molecule has 0 aliphatic heterocycles. The second-order valence-corrected chi connectivity index (χ2v) is 10.4. The smallest absolute Gasteiger partial charge is 0.287 e. The van der Waals surface area contributed by atoms with Gasteiger partial charge in [-0.1, -0.05) is 66.2 Å². The van der Waals surface area contributed by atoms with E-state index in [1.807, 2.05) is 0 Å². The highest BCUT2D eigenvalue weighted by Crippen LogP contribution is 2.36. The van der Waals surface area contributed by atoms with E-state index in [-0.39, 0.29) is 0 Å². The summed E-state index contributed by atoms with van der Waals surface area (Å²) in [6, 6.07) is 33.3. The Kier molecular flexibility index (Phi) is 4.77. The van der Waals surface area contributed by atoms with Gasteiger partial charge >= 0.3 is 0 Å². The molecular formula is C34H30N3+. The van der Waals surface area contributed by atoms with E-state index in [2.05, 4.69) is 139 Å². The number of aryl methyl sites for hydroxylation is 4. The van der Waals surface area contributed by atoms with Crippen molar-refractivity contribution >= 4 is 43.6 Å². The Hall–Kier alpha value is -4.37. The monoisotopic (exact) mass is 480 g/mol. The first-order valence-electron chi connectivity index (χ1n) is 13.0. The Morgan fingerprint density at radius 1 is 0.649 bits per heavy atom. The summed E-state index contributed by atoms with van der Waals surface area (Å²) in [5, 5.41) is 5.20. The van der Waals surface area contributed by atoms with Crippen molar-refractivity contribution in [2.75, 3.05) is 0 Å². The molecule has 3 heteroatoms. The minimum absolute atomic E-state index is 0.844. The van der Waals surface area contributed by atoms with E-state index >= 15 is 0 Å². The minimum atomic E-state index is 0.844. The zero-order valence-corrected chi connectivity index (χ0v) is 21.8. The summed E-state index contributed by atoms with van der Waals surface area (Å²) in [7, 11) is 2.18. The second-order valence-electron chi connectivity index (χ2n) is 10.4. The summed E-state index contributed by atoms with van der Waals surface area (Å²) in [4.78, 5) is 0. The molecule has 0 aliphatic rings. The lowest BCUT2D eigenvalue weighted by Crippen LogP contribution is -2.33. The predicted molar refractivity (Wildman–Crippen MR) is 155 cm³/mol. The summed E-state index contributed by atoms with van der Waals surface area (Å²) in [5.74, 6) is 1.17. The van der Waals surface area contributed by atoms with Crippen LogP contribution in [-0.4, -0.2) is 9.13 Å². The van der Waals surface area contributed by atoms with Crippen LogP contribution in [0.15, 0.2) is 97.2 Å².